The number of hydrogen-bond donors (Lipinski definition) is 0. The summed E-state index contributed by atoms with van der Waals surface area (Å²) >= 11 is 0. The minimum Gasteiger partial charge on any atom is -0.410 e. The van der Waals surface area contributed by atoms with Crippen LogP contribution in [-0.2, 0) is 4.74 Å². The number of rotatable bonds is 8. The molecule has 6 rings (SSSR count). The topological polar surface area (TPSA) is 68.3 Å². The van der Waals surface area contributed by atoms with Gasteiger partial charge in [0.05, 0.1) is 13.2 Å². The molecule has 0 saturated carbocycles. The molecule has 0 aromatic heterocycles. The molecule has 2 aliphatic rings. The molecule has 0 N–H and O–H groups in total. The number of halogens is 2. The van der Waals surface area contributed by atoms with E-state index in [4.69, 9.17) is 14.2 Å². The Labute approximate surface area is 273 Å². The van der Waals surface area contributed by atoms with Crippen molar-refractivity contribution in [1.29, 1.82) is 0 Å². The van der Waals surface area contributed by atoms with Gasteiger partial charge in [-0.2, -0.15) is 0 Å². The predicted molar refractivity (Wildman–Crippen MR) is 173 cm³/mol. The smallest absolute Gasteiger partial charge is 0.410 e. The molecule has 2 aliphatic heterocycles. The Kier molecular flexibility index (Phi) is 10.4. The van der Waals surface area contributed by atoms with Crippen LogP contribution in [0.2, 0.25) is 0 Å². The van der Waals surface area contributed by atoms with Crippen molar-refractivity contribution in [3.8, 4) is 11.5 Å². The summed E-state index contributed by atoms with van der Waals surface area (Å²) in [5.74, 6) is 0.292. The third-order valence-corrected chi connectivity index (χ3v) is 9.14. The largest absolute Gasteiger partial charge is 0.415 e. The number of ether oxygens (including phenoxy) is 3. The maximum Gasteiger partial charge on any atom is 0.415 e. The van der Waals surface area contributed by atoms with E-state index in [2.05, 4.69) is 0 Å². The Hall–Kier alpha value is -4.76. The Morgan fingerprint density at radius 2 is 0.957 bits per heavy atom. The average Bonchev–Trinajstić information content (AvgIpc) is 3.10. The van der Waals surface area contributed by atoms with Crippen molar-refractivity contribution in [2.24, 2.45) is 11.8 Å². The first-order valence-corrected chi connectivity index (χ1v) is 16.0. The van der Waals surface area contributed by atoms with Crippen LogP contribution in [0.25, 0.3) is 0 Å². The minimum atomic E-state index is -0.421. The first kappa shape index (κ1) is 32.2. The Balaban J connectivity index is 1.15. The van der Waals surface area contributed by atoms with Gasteiger partial charge in [0.2, 0.25) is 0 Å². The lowest BCUT2D eigenvalue weighted by Gasteiger charge is -2.40. The van der Waals surface area contributed by atoms with Crippen molar-refractivity contribution >= 4 is 12.2 Å². The van der Waals surface area contributed by atoms with Gasteiger partial charge in [-0.05, 0) is 84.3 Å². The van der Waals surface area contributed by atoms with Crippen LogP contribution in [0.5, 0.6) is 11.5 Å². The van der Waals surface area contributed by atoms with E-state index in [1.165, 1.54) is 24.3 Å². The highest BCUT2D eigenvalue weighted by atomic mass is 19.1. The number of piperidine rings is 2. The number of hydrogen-bond acceptors (Lipinski definition) is 5. The second-order valence-electron chi connectivity index (χ2n) is 12.2. The summed E-state index contributed by atoms with van der Waals surface area (Å²) in [6.45, 7) is 2.51. The fourth-order valence-electron chi connectivity index (χ4n) is 6.71. The van der Waals surface area contributed by atoms with E-state index in [1.54, 1.807) is 58.3 Å². The van der Waals surface area contributed by atoms with Crippen LogP contribution in [-0.4, -0.2) is 61.4 Å². The first-order valence-electron chi connectivity index (χ1n) is 16.0. The second-order valence-corrected chi connectivity index (χ2v) is 12.2. The molecule has 2 amide bonds. The number of para-hydroxylation sites is 2. The lowest BCUT2D eigenvalue weighted by Crippen LogP contribution is -2.47. The molecule has 9 heteroatoms. The van der Waals surface area contributed by atoms with E-state index >= 15 is 0 Å². The van der Waals surface area contributed by atoms with Crippen molar-refractivity contribution in [2.75, 3.05) is 39.4 Å². The average molecular weight is 641 g/mol. The standard InChI is InChI=1S/C38H38F2N2O5/c39-31-15-11-27(12-16-31)35-19-21-41(37(43)46-33-7-3-1-4-8-33)23-29(35)25-45-26-30-24-42(38(44)47-34-9-5-2-6-10-34)22-20-36(30)28-13-17-32(40)18-14-28/h1-18,29-30,35-36H,19-26H2/t29-,30-,35-,36-/m0/s1. The minimum absolute atomic E-state index is 0.0491. The lowest BCUT2D eigenvalue weighted by molar-refractivity contribution is 0.0147. The van der Waals surface area contributed by atoms with Gasteiger partial charge in [0.1, 0.15) is 23.1 Å². The van der Waals surface area contributed by atoms with E-state index in [9.17, 15) is 18.4 Å². The summed E-state index contributed by atoms with van der Waals surface area (Å²) in [7, 11) is 0. The van der Waals surface area contributed by atoms with Gasteiger partial charge in [-0.15, -0.1) is 0 Å². The molecule has 2 fully saturated rings. The van der Waals surface area contributed by atoms with E-state index in [1.807, 2.05) is 36.4 Å². The van der Waals surface area contributed by atoms with Gasteiger partial charge in [0.15, 0.2) is 0 Å². The van der Waals surface area contributed by atoms with Crippen molar-refractivity contribution in [3.05, 3.63) is 132 Å². The van der Waals surface area contributed by atoms with E-state index < -0.39 is 12.2 Å². The monoisotopic (exact) mass is 640 g/mol. The molecule has 0 spiro atoms. The molecule has 0 radical (unpaired) electrons. The molecule has 2 saturated heterocycles. The van der Waals surface area contributed by atoms with Crippen LogP contribution in [0.1, 0.15) is 35.8 Å². The van der Waals surface area contributed by atoms with Crippen LogP contribution in [0.4, 0.5) is 18.4 Å². The third kappa shape index (κ3) is 8.34. The Morgan fingerprint density at radius 1 is 0.574 bits per heavy atom. The zero-order valence-corrected chi connectivity index (χ0v) is 26.1. The highest BCUT2D eigenvalue weighted by Crippen LogP contribution is 2.36. The molecule has 7 nitrogen and oxygen atoms in total. The summed E-state index contributed by atoms with van der Waals surface area (Å²) in [5.41, 5.74) is 1.99. The number of carbonyl (C=O) groups excluding carboxylic acids is 2. The van der Waals surface area contributed by atoms with E-state index in [0.717, 1.165) is 11.1 Å². The quantitative estimate of drug-likeness (QED) is 0.196. The SMILES string of the molecule is O=C(Oc1ccccc1)N1CC[C@@H](c2ccc(F)cc2)[C@H](COC[C@@H]2CN(C(=O)Oc3ccccc3)CC[C@H]2c2ccc(F)cc2)C1. The van der Waals surface area contributed by atoms with Gasteiger partial charge in [0.25, 0.3) is 0 Å². The van der Waals surface area contributed by atoms with Crippen LogP contribution in [0, 0.1) is 23.5 Å². The third-order valence-electron chi connectivity index (χ3n) is 9.14. The number of amides is 2. The van der Waals surface area contributed by atoms with Crippen molar-refractivity contribution in [3.63, 3.8) is 0 Å². The van der Waals surface area contributed by atoms with Crippen molar-refractivity contribution in [1.82, 2.24) is 9.80 Å². The summed E-state index contributed by atoms with van der Waals surface area (Å²) < 4.78 is 45.3. The molecule has 244 valence electrons. The lowest BCUT2D eigenvalue weighted by atomic mass is 9.80. The van der Waals surface area contributed by atoms with Gasteiger partial charge in [-0.25, -0.2) is 18.4 Å². The molecule has 2 heterocycles. The van der Waals surface area contributed by atoms with E-state index in [-0.39, 0.29) is 35.3 Å². The van der Waals surface area contributed by atoms with Gasteiger partial charge >= 0.3 is 12.2 Å². The van der Waals surface area contributed by atoms with Gasteiger partial charge in [0, 0.05) is 38.0 Å². The number of likely N-dealkylation sites (tertiary alicyclic amines) is 2. The number of benzene rings is 4. The molecule has 4 aromatic carbocycles. The highest BCUT2D eigenvalue weighted by Gasteiger charge is 2.36. The van der Waals surface area contributed by atoms with Crippen molar-refractivity contribution < 1.29 is 32.6 Å². The summed E-state index contributed by atoms with van der Waals surface area (Å²) in [5, 5.41) is 0. The summed E-state index contributed by atoms with van der Waals surface area (Å²) in [6.07, 6.45) is 0.499. The van der Waals surface area contributed by atoms with Gasteiger partial charge in [-0.3, -0.25) is 0 Å². The normalized spacial score (nSPS) is 21.2. The van der Waals surface area contributed by atoms with Gasteiger partial charge in [-0.1, -0.05) is 60.7 Å². The molecular formula is C38H38F2N2O5. The fourth-order valence-corrected chi connectivity index (χ4v) is 6.71. The molecule has 0 bridgehead atoms. The first-order chi connectivity index (χ1) is 22.9. The summed E-state index contributed by atoms with van der Waals surface area (Å²) in [4.78, 5) is 29.6. The highest BCUT2D eigenvalue weighted by molar-refractivity contribution is 5.71. The fraction of sp³-hybridized carbons (Fsp3) is 0.316. The molecule has 0 aliphatic carbocycles. The number of carbonyl (C=O) groups is 2. The predicted octanol–water partition coefficient (Wildman–Crippen LogP) is 7.89. The van der Waals surface area contributed by atoms with Crippen LogP contribution in [0.3, 0.4) is 0 Å². The maximum atomic E-state index is 13.8. The van der Waals surface area contributed by atoms with Crippen LogP contribution in [0.15, 0.2) is 109 Å². The Morgan fingerprint density at radius 3 is 1.34 bits per heavy atom. The van der Waals surface area contributed by atoms with Crippen molar-refractivity contribution in [2.45, 2.75) is 24.7 Å². The molecular weight excluding hydrogens is 602 g/mol. The van der Waals surface area contributed by atoms with Crippen LogP contribution < -0.4 is 9.47 Å². The molecule has 0 unspecified atom stereocenters. The zero-order chi connectivity index (χ0) is 32.6. The molecule has 4 aromatic rings. The molecule has 4 atom stereocenters. The Bertz CT molecular complexity index is 1480. The molecule has 47 heavy (non-hydrogen) atoms. The second kappa shape index (κ2) is 15.2. The van der Waals surface area contributed by atoms with Gasteiger partial charge < -0.3 is 24.0 Å². The summed E-state index contributed by atoms with van der Waals surface area (Å²) in [6, 6.07) is 31.0. The number of nitrogens with zero attached hydrogens (tertiary/aromatic N) is 2. The maximum absolute atomic E-state index is 13.8. The van der Waals surface area contributed by atoms with E-state index in [0.29, 0.717) is 63.7 Å². The van der Waals surface area contributed by atoms with Crippen LogP contribution >= 0.6 is 0 Å². The zero-order valence-electron chi connectivity index (χ0n) is 26.1.